The van der Waals surface area contributed by atoms with Gasteiger partial charge in [0.25, 0.3) is 0 Å². The second kappa shape index (κ2) is 12.6. The van der Waals surface area contributed by atoms with Gasteiger partial charge in [-0.05, 0) is 55.2 Å². The Bertz CT molecular complexity index is 1980. The monoisotopic (exact) mass is 669 g/mol. The first kappa shape index (κ1) is 32.0. The van der Waals surface area contributed by atoms with Gasteiger partial charge in [-0.1, -0.05) is 30.2 Å². The molecule has 8 rings (SSSR count). The summed E-state index contributed by atoms with van der Waals surface area (Å²) >= 11 is 0. The maximum absolute atomic E-state index is 17.0. The van der Waals surface area contributed by atoms with E-state index in [2.05, 4.69) is 25.6 Å². The van der Waals surface area contributed by atoms with Crippen molar-refractivity contribution in [1.29, 1.82) is 0 Å². The second-order valence-electron chi connectivity index (χ2n) is 14.1. The van der Waals surface area contributed by atoms with Gasteiger partial charge in [-0.3, -0.25) is 14.6 Å². The zero-order valence-corrected chi connectivity index (χ0v) is 27.2. The van der Waals surface area contributed by atoms with Gasteiger partial charge < -0.3 is 14.7 Å². The molecule has 0 amide bonds. The van der Waals surface area contributed by atoms with E-state index in [9.17, 15) is 18.7 Å². The van der Waals surface area contributed by atoms with Gasteiger partial charge >= 0.3 is 6.01 Å². The Morgan fingerprint density at radius 3 is 2.43 bits per heavy atom. The molecule has 11 heteroatoms. The normalized spacial score (nSPS) is 23.3. The average Bonchev–Trinajstić information content (AvgIpc) is 3.69. The van der Waals surface area contributed by atoms with Crippen LogP contribution in [0.4, 0.5) is 19.0 Å². The van der Waals surface area contributed by atoms with Crippen LogP contribution >= 0.6 is 0 Å². The standard InChI is InChI=1S/C38H38F3N5O3/c1-2-27-32(40)10-9-28-23(20-48)3-6-29(33(27)28)30-7-8-31-35(34(30)41)42-37(49-22-38(12-13-38)21-44-14-11-24(39)17-44)43-36(31)45-18-25-4-5-26(19-45)46(25)15-16-47/h1,3,6-10,20,24-26,47H,4-5,11-19,21-22H2/t24-,25?,26?/m1/s1. The smallest absolute Gasteiger partial charge is 0.319 e. The van der Waals surface area contributed by atoms with Crippen LogP contribution in [0.3, 0.4) is 0 Å². The summed E-state index contributed by atoms with van der Waals surface area (Å²) < 4.78 is 52.2. The summed E-state index contributed by atoms with van der Waals surface area (Å²) in [4.78, 5) is 28.1. The van der Waals surface area contributed by atoms with Crippen LogP contribution in [-0.2, 0) is 0 Å². The Kier molecular flexibility index (Phi) is 8.21. The summed E-state index contributed by atoms with van der Waals surface area (Å²) in [6.07, 6.45) is 10.1. The third kappa shape index (κ3) is 5.69. The van der Waals surface area contributed by atoms with Crippen molar-refractivity contribution in [2.75, 3.05) is 57.4 Å². The first-order chi connectivity index (χ1) is 23.8. The molecule has 3 aromatic carbocycles. The van der Waals surface area contributed by atoms with Crippen molar-refractivity contribution in [1.82, 2.24) is 19.8 Å². The highest BCUT2D eigenvalue weighted by Gasteiger charge is 2.46. The summed E-state index contributed by atoms with van der Waals surface area (Å²) in [7, 11) is 0. The molecule has 3 aliphatic heterocycles. The number of carbonyl (C=O) groups is 1. The van der Waals surface area contributed by atoms with E-state index in [0.717, 1.165) is 38.8 Å². The molecule has 254 valence electrons. The Morgan fingerprint density at radius 2 is 1.76 bits per heavy atom. The number of hydrogen-bond acceptors (Lipinski definition) is 8. The number of aldehydes is 1. The number of aliphatic hydroxyl groups is 1. The van der Waals surface area contributed by atoms with Gasteiger partial charge in [0.2, 0.25) is 0 Å². The number of piperazine rings is 1. The summed E-state index contributed by atoms with van der Waals surface area (Å²) in [6.45, 7) is 4.27. The highest BCUT2D eigenvalue weighted by Crippen LogP contribution is 2.47. The van der Waals surface area contributed by atoms with E-state index in [-0.39, 0.29) is 52.1 Å². The fraction of sp³-hybridized carbons (Fsp3) is 0.447. The van der Waals surface area contributed by atoms with Crippen molar-refractivity contribution >= 4 is 33.8 Å². The Balaban J connectivity index is 1.22. The van der Waals surface area contributed by atoms with Crippen molar-refractivity contribution in [2.45, 2.75) is 50.4 Å². The van der Waals surface area contributed by atoms with E-state index >= 15 is 4.39 Å². The Hall–Kier alpha value is -4.24. The van der Waals surface area contributed by atoms with E-state index in [1.165, 1.54) is 12.1 Å². The minimum atomic E-state index is -0.798. The maximum Gasteiger partial charge on any atom is 0.319 e. The number of benzene rings is 3. The number of hydrogen-bond donors (Lipinski definition) is 1. The molecule has 4 fully saturated rings. The quantitative estimate of drug-likeness (QED) is 0.179. The average molecular weight is 670 g/mol. The molecule has 2 bridgehead atoms. The molecule has 1 N–H and O–H groups in total. The molecule has 0 radical (unpaired) electrons. The van der Waals surface area contributed by atoms with E-state index in [1.54, 1.807) is 24.3 Å². The highest BCUT2D eigenvalue weighted by molar-refractivity contribution is 6.09. The molecule has 3 atom stereocenters. The molecular formula is C38H38F3N5O3. The van der Waals surface area contributed by atoms with Gasteiger partial charge in [0.1, 0.15) is 23.3 Å². The summed E-state index contributed by atoms with van der Waals surface area (Å²) in [5.41, 5.74) is 0.724. The van der Waals surface area contributed by atoms with Crippen molar-refractivity contribution in [3.63, 3.8) is 0 Å². The fourth-order valence-corrected chi connectivity index (χ4v) is 8.34. The largest absolute Gasteiger partial charge is 0.463 e. The lowest BCUT2D eigenvalue weighted by atomic mass is 9.91. The van der Waals surface area contributed by atoms with Crippen LogP contribution in [-0.4, -0.2) is 102 Å². The van der Waals surface area contributed by atoms with Crippen molar-refractivity contribution in [3.05, 3.63) is 59.2 Å². The number of anilines is 1. The van der Waals surface area contributed by atoms with Crippen molar-refractivity contribution < 1.29 is 27.8 Å². The molecule has 1 aromatic heterocycles. The first-order valence-corrected chi connectivity index (χ1v) is 17.1. The number of terminal acetylenes is 1. The second-order valence-corrected chi connectivity index (χ2v) is 14.1. The van der Waals surface area contributed by atoms with Gasteiger partial charge in [0, 0.05) is 78.7 Å². The number of nitrogens with zero attached hydrogens (tertiary/aromatic N) is 5. The number of ether oxygens (including phenoxy) is 1. The zero-order chi connectivity index (χ0) is 33.9. The summed E-state index contributed by atoms with van der Waals surface area (Å²) in [5.74, 6) is 1.71. The summed E-state index contributed by atoms with van der Waals surface area (Å²) in [5, 5.41) is 10.9. The van der Waals surface area contributed by atoms with Gasteiger partial charge in [-0.2, -0.15) is 9.97 Å². The van der Waals surface area contributed by atoms with Crippen LogP contribution in [0.25, 0.3) is 32.8 Å². The Morgan fingerprint density at radius 1 is 1.00 bits per heavy atom. The van der Waals surface area contributed by atoms with Gasteiger partial charge in [0.05, 0.1) is 18.8 Å². The van der Waals surface area contributed by atoms with Gasteiger partial charge in [-0.15, -0.1) is 6.42 Å². The van der Waals surface area contributed by atoms with E-state index in [1.807, 2.05) is 0 Å². The molecular weight excluding hydrogens is 631 g/mol. The SMILES string of the molecule is C#Cc1c(F)ccc2c(C=O)ccc(-c3ccc4c(N5CC6CCC(C5)N6CCO)nc(OCC5(CN6CC[C@@H](F)C6)CC5)nc4c3F)c12. The first-order valence-electron chi connectivity index (χ1n) is 17.1. The number of rotatable bonds is 10. The van der Waals surface area contributed by atoms with Crippen molar-refractivity contribution in [3.8, 4) is 29.5 Å². The highest BCUT2D eigenvalue weighted by atomic mass is 19.1. The van der Waals surface area contributed by atoms with Crippen LogP contribution in [0, 0.1) is 29.4 Å². The van der Waals surface area contributed by atoms with Gasteiger partial charge in [0.15, 0.2) is 12.1 Å². The predicted octanol–water partition coefficient (Wildman–Crippen LogP) is 5.37. The lowest BCUT2D eigenvalue weighted by Crippen LogP contribution is -2.54. The molecule has 3 saturated heterocycles. The minimum absolute atomic E-state index is 0.0499. The number of halogens is 3. The third-order valence-electron chi connectivity index (χ3n) is 11.0. The van der Waals surface area contributed by atoms with Crippen LogP contribution in [0.1, 0.15) is 48.0 Å². The van der Waals surface area contributed by atoms with Crippen LogP contribution in [0.2, 0.25) is 0 Å². The van der Waals surface area contributed by atoms with Gasteiger partial charge in [-0.25, -0.2) is 13.2 Å². The van der Waals surface area contributed by atoms with E-state index in [4.69, 9.17) is 16.1 Å². The number of aliphatic hydroxyl groups excluding tert-OH is 1. The van der Waals surface area contributed by atoms with Crippen LogP contribution < -0.4 is 9.64 Å². The predicted molar refractivity (Wildman–Crippen MR) is 182 cm³/mol. The number of carbonyl (C=O) groups excluding carboxylic acids is 1. The van der Waals surface area contributed by atoms with E-state index in [0.29, 0.717) is 73.2 Å². The summed E-state index contributed by atoms with van der Waals surface area (Å²) in [6, 6.07) is 9.82. The topological polar surface area (TPSA) is 82.0 Å². The number of aromatic nitrogens is 2. The lowest BCUT2D eigenvalue weighted by molar-refractivity contribution is 0.112. The number of fused-ring (bicyclic) bond motifs is 4. The van der Waals surface area contributed by atoms with Crippen LogP contribution in [0.15, 0.2) is 36.4 Å². The molecule has 1 aliphatic carbocycles. The zero-order valence-electron chi connectivity index (χ0n) is 27.2. The third-order valence-corrected chi connectivity index (χ3v) is 11.0. The molecule has 4 aliphatic rings. The van der Waals surface area contributed by atoms with Crippen molar-refractivity contribution in [2.24, 2.45) is 5.41 Å². The lowest BCUT2D eigenvalue weighted by Gasteiger charge is -2.41. The van der Waals surface area contributed by atoms with Crippen LogP contribution in [0.5, 0.6) is 6.01 Å². The fourth-order valence-electron chi connectivity index (χ4n) is 8.34. The molecule has 4 heterocycles. The molecule has 0 spiro atoms. The maximum atomic E-state index is 17.0. The molecule has 4 aromatic rings. The molecule has 49 heavy (non-hydrogen) atoms. The molecule has 2 unspecified atom stereocenters. The molecule has 8 nitrogen and oxygen atoms in total. The van der Waals surface area contributed by atoms with E-state index < -0.39 is 17.8 Å². The Labute approximate surface area is 282 Å². The molecule has 1 saturated carbocycles. The minimum Gasteiger partial charge on any atom is -0.463 e. The number of likely N-dealkylation sites (tertiary alicyclic amines) is 1. The number of alkyl halides is 1.